The molecule has 2 heterocycles. The molecular weight excluding hydrogens is 380 g/mol. The van der Waals surface area contributed by atoms with E-state index in [1.807, 2.05) is 24.8 Å². The number of aromatic nitrogens is 1. The van der Waals surface area contributed by atoms with Crippen LogP contribution in [0.15, 0.2) is 28.8 Å². The molecule has 7 nitrogen and oxygen atoms in total. The van der Waals surface area contributed by atoms with Crippen molar-refractivity contribution in [2.75, 3.05) is 13.1 Å². The molecule has 1 aliphatic carbocycles. The van der Waals surface area contributed by atoms with Gasteiger partial charge in [-0.05, 0) is 58.1 Å². The van der Waals surface area contributed by atoms with Gasteiger partial charge in [0, 0.05) is 24.5 Å². The molecule has 1 fully saturated rings. The summed E-state index contributed by atoms with van der Waals surface area (Å²) in [5.74, 6) is 0.572. The minimum atomic E-state index is -0.132. The molecule has 3 amide bonds. The van der Waals surface area contributed by atoms with Crippen LogP contribution >= 0.6 is 0 Å². The third-order valence-corrected chi connectivity index (χ3v) is 6.48. The van der Waals surface area contributed by atoms with Crippen molar-refractivity contribution in [2.24, 2.45) is 0 Å². The topological polar surface area (TPSA) is 87.5 Å². The summed E-state index contributed by atoms with van der Waals surface area (Å²) in [6.45, 7) is 8.86. The van der Waals surface area contributed by atoms with Gasteiger partial charge in [0.25, 0.3) is 5.91 Å². The molecule has 2 aromatic rings. The van der Waals surface area contributed by atoms with Crippen molar-refractivity contribution in [3.63, 3.8) is 0 Å². The Morgan fingerprint density at radius 1 is 1.20 bits per heavy atom. The number of carbonyl (C=O) groups is 2. The number of aryl methyl sites for hydroxylation is 2. The van der Waals surface area contributed by atoms with Gasteiger partial charge in [-0.1, -0.05) is 29.4 Å². The lowest BCUT2D eigenvalue weighted by atomic mass is 9.73. The predicted molar refractivity (Wildman–Crippen MR) is 113 cm³/mol. The molecule has 1 aromatic heterocycles. The number of fused-ring (bicyclic) bond motifs is 2. The molecule has 4 rings (SSSR count). The zero-order valence-corrected chi connectivity index (χ0v) is 18.1. The van der Waals surface area contributed by atoms with Crippen molar-refractivity contribution in [3.05, 3.63) is 52.4 Å². The maximum absolute atomic E-state index is 13.0. The zero-order valence-electron chi connectivity index (χ0n) is 18.1. The minimum absolute atomic E-state index is 0.00151. The lowest BCUT2D eigenvalue weighted by Gasteiger charge is -2.40. The molecule has 1 atom stereocenters. The number of hydrogen-bond acceptors (Lipinski definition) is 4. The number of rotatable bonds is 3. The second kappa shape index (κ2) is 7.78. The van der Waals surface area contributed by atoms with E-state index in [0.717, 1.165) is 19.3 Å². The Morgan fingerprint density at radius 3 is 2.53 bits per heavy atom. The van der Waals surface area contributed by atoms with E-state index in [1.54, 1.807) is 13.8 Å². The smallest absolute Gasteiger partial charge is 0.315 e. The summed E-state index contributed by atoms with van der Waals surface area (Å²) in [4.78, 5) is 27.3. The Hall–Kier alpha value is -2.83. The first kappa shape index (κ1) is 20.4. The summed E-state index contributed by atoms with van der Waals surface area (Å²) in [5.41, 5.74) is 3.72. The first-order valence-corrected chi connectivity index (χ1v) is 10.7. The highest BCUT2D eigenvalue weighted by Crippen LogP contribution is 2.50. The summed E-state index contributed by atoms with van der Waals surface area (Å²) >= 11 is 0. The van der Waals surface area contributed by atoms with E-state index in [9.17, 15) is 9.59 Å². The first-order chi connectivity index (χ1) is 14.3. The molecule has 2 N–H and O–H groups in total. The maximum atomic E-state index is 13.0. The molecule has 1 saturated heterocycles. The lowest BCUT2D eigenvalue weighted by molar-refractivity contribution is 0.0659. The van der Waals surface area contributed by atoms with Crippen LogP contribution in [0.1, 0.15) is 72.1 Å². The molecule has 30 heavy (non-hydrogen) atoms. The Morgan fingerprint density at radius 2 is 1.90 bits per heavy atom. The van der Waals surface area contributed by atoms with E-state index in [0.29, 0.717) is 30.1 Å². The number of piperidine rings is 1. The predicted octanol–water partition coefficient (Wildman–Crippen LogP) is 3.62. The Kier molecular flexibility index (Phi) is 5.30. The van der Waals surface area contributed by atoms with Gasteiger partial charge in [0.05, 0.1) is 11.7 Å². The van der Waals surface area contributed by atoms with E-state index in [2.05, 4.69) is 34.0 Å². The van der Waals surface area contributed by atoms with E-state index in [-0.39, 0.29) is 29.4 Å². The molecule has 1 unspecified atom stereocenters. The molecule has 0 radical (unpaired) electrons. The van der Waals surface area contributed by atoms with E-state index < -0.39 is 0 Å². The van der Waals surface area contributed by atoms with Crippen molar-refractivity contribution < 1.29 is 14.1 Å². The lowest BCUT2D eigenvalue weighted by Crippen LogP contribution is -2.45. The number of amides is 3. The van der Waals surface area contributed by atoms with Gasteiger partial charge in [-0.15, -0.1) is 0 Å². The molecule has 7 heteroatoms. The van der Waals surface area contributed by atoms with Crippen LogP contribution in [0.5, 0.6) is 0 Å². The summed E-state index contributed by atoms with van der Waals surface area (Å²) in [6, 6.07) is 8.35. The number of benzene rings is 1. The fourth-order valence-corrected chi connectivity index (χ4v) is 5.04. The van der Waals surface area contributed by atoms with Gasteiger partial charge in [0.1, 0.15) is 11.3 Å². The normalized spacial score (nSPS) is 19.8. The van der Waals surface area contributed by atoms with Gasteiger partial charge in [-0.25, -0.2) is 4.79 Å². The van der Waals surface area contributed by atoms with Crippen molar-refractivity contribution in [1.29, 1.82) is 0 Å². The van der Waals surface area contributed by atoms with Crippen molar-refractivity contribution in [3.8, 4) is 0 Å². The second-order valence-electron chi connectivity index (χ2n) is 8.89. The van der Waals surface area contributed by atoms with Crippen LogP contribution in [0, 0.1) is 13.8 Å². The van der Waals surface area contributed by atoms with Gasteiger partial charge in [0.15, 0.2) is 0 Å². The van der Waals surface area contributed by atoms with Gasteiger partial charge in [-0.3, -0.25) is 4.79 Å². The van der Waals surface area contributed by atoms with Crippen LogP contribution in [0.4, 0.5) is 4.79 Å². The third kappa shape index (κ3) is 3.57. The second-order valence-corrected chi connectivity index (χ2v) is 8.89. The molecule has 0 bridgehead atoms. The highest BCUT2D eigenvalue weighted by atomic mass is 16.5. The maximum Gasteiger partial charge on any atom is 0.315 e. The highest BCUT2D eigenvalue weighted by molar-refractivity contribution is 5.96. The number of likely N-dealkylation sites (tertiary alicyclic amines) is 1. The zero-order chi connectivity index (χ0) is 21.5. The molecule has 1 aliphatic heterocycles. The monoisotopic (exact) mass is 410 g/mol. The molecule has 2 aliphatic rings. The summed E-state index contributed by atoms with van der Waals surface area (Å²) in [6.07, 6.45) is 2.62. The van der Waals surface area contributed by atoms with Crippen LogP contribution in [-0.2, 0) is 5.41 Å². The average Bonchev–Trinajstić information content (AvgIpc) is 3.19. The summed E-state index contributed by atoms with van der Waals surface area (Å²) in [7, 11) is 0. The Labute approximate surface area is 177 Å². The van der Waals surface area contributed by atoms with Gasteiger partial charge in [0.2, 0.25) is 0 Å². The van der Waals surface area contributed by atoms with E-state index >= 15 is 0 Å². The number of nitrogens with one attached hydrogen (secondary N) is 2. The van der Waals surface area contributed by atoms with Crippen molar-refractivity contribution >= 4 is 11.9 Å². The molecule has 160 valence electrons. The molecule has 0 saturated carbocycles. The van der Waals surface area contributed by atoms with Gasteiger partial charge < -0.3 is 20.1 Å². The third-order valence-electron chi connectivity index (χ3n) is 6.48. The van der Waals surface area contributed by atoms with Gasteiger partial charge in [-0.2, -0.15) is 0 Å². The fraction of sp³-hybridized carbons (Fsp3) is 0.522. The largest absolute Gasteiger partial charge is 0.361 e. The molecular formula is C23H30N4O3. The number of nitrogens with zero attached hydrogens (tertiary/aromatic N) is 2. The van der Waals surface area contributed by atoms with E-state index in [4.69, 9.17) is 4.52 Å². The highest BCUT2D eigenvalue weighted by Gasteiger charge is 2.46. The Bertz CT molecular complexity index is 938. The van der Waals surface area contributed by atoms with Gasteiger partial charge >= 0.3 is 6.03 Å². The first-order valence-electron chi connectivity index (χ1n) is 10.7. The van der Waals surface area contributed by atoms with Crippen LogP contribution in [0.3, 0.4) is 0 Å². The number of urea groups is 1. The van der Waals surface area contributed by atoms with Crippen LogP contribution in [0.25, 0.3) is 0 Å². The van der Waals surface area contributed by atoms with Crippen LogP contribution in [-0.4, -0.2) is 41.1 Å². The van der Waals surface area contributed by atoms with Crippen molar-refractivity contribution in [1.82, 2.24) is 20.7 Å². The minimum Gasteiger partial charge on any atom is -0.361 e. The quantitative estimate of drug-likeness (QED) is 0.809. The number of hydrogen-bond donors (Lipinski definition) is 2. The van der Waals surface area contributed by atoms with Crippen molar-refractivity contribution in [2.45, 2.75) is 64.5 Å². The Balaban J connectivity index is 1.51. The standard InChI is InChI=1S/C23H30N4O3/c1-14(2)24-22(29)25-19-13-23(18-8-6-5-7-17(18)19)9-11-27(12-10-23)21(28)20-15(3)26-30-16(20)4/h5-8,14,19H,9-13H2,1-4H3,(H2,24,25,29). The SMILES string of the molecule is Cc1noc(C)c1C(=O)N1CCC2(CC1)CC(NC(=O)NC(C)C)c1ccccc12. The molecule has 1 aromatic carbocycles. The average molecular weight is 411 g/mol. The summed E-state index contributed by atoms with van der Waals surface area (Å²) < 4.78 is 5.18. The van der Waals surface area contributed by atoms with Crippen LogP contribution < -0.4 is 10.6 Å². The van der Waals surface area contributed by atoms with Crippen LogP contribution in [0.2, 0.25) is 0 Å². The molecule has 1 spiro atoms. The van der Waals surface area contributed by atoms with E-state index in [1.165, 1.54) is 11.1 Å². The fourth-order valence-electron chi connectivity index (χ4n) is 5.04. The summed E-state index contributed by atoms with van der Waals surface area (Å²) in [5, 5.41) is 10.0. The number of carbonyl (C=O) groups excluding carboxylic acids is 2.